The summed E-state index contributed by atoms with van der Waals surface area (Å²) in [5.74, 6) is 0.727. The van der Waals surface area contributed by atoms with Crippen LogP contribution in [0.1, 0.15) is 37.4 Å². The van der Waals surface area contributed by atoms with Gasteiger partial charge in [-0.25, -0.2) is 0 Å². The highest BCUT2D eigenvalue weighted by molar-refractivity contribution is 5.90. The van der Waals surface area contributed by atoms with Gasteiger partial charge in [0.15, 0.2) is 0 Å². The highest BCUT2D eigenvalue weighted by Gasteiger charge is 2.42. The third-order valence-corrected chi connectivity index (χ3v) is 6.20. The fraction of sp³-hybridized carbons (Fsp3) is 0.250. The summed E-state index contributed by atoms with van der Waals surface area (Å²) in [6.07, 6.45) is 2.74. The van der Waals surface area contributed by atoms with Crippen LogP contribution in [0, 0.1) is 11.3 Å². The number of benzene rings is 3. The molecule has 0 aromatic heterocycles. The summed E-state index contributed by atoms with van der Waals surface area (Å²) in [5, 5.41) is 7.23. The number of para-hydroxylation sites is 3. The minimum absolute atomic E-state index is 0.178. The Bertz CT molecular complexity index is 1170. The number of anilines is 2. The van der Waals surface area contributed by atoms with Crippen molar-refractivity contribution >= 4 is 17.2 Å². The van der Waals surface area contributed by atoms with Gasteiger partial charge in [-0.15, -0.1) is 0 Å². The van der Waals surface area contributed by atoms with Gasteiger partial charge < -0.3 is 15.4 Å². The minimum atomic E-state index is -0.308. The van der Waals surface area contributed by atoms with E-state index in [1.807, 2.05) is 54.6 Å². The minimum Gasteiger partial charge on any atom is -0.489 e. The van der Waals surface area contributed by atoms with Gasteiger partial charge in [0.05, 0.1) is 23.3 Å². The van der Waals surface area contributed by atoms with Crippen LogP contribution >= 0.6 is 0 Å². The largest absolute Gasteiger partial charge is 0.489 e. The van der Waals surface area contributed by atoms with Gasteiger partial charge in [0.2, 0.25) is 0 Å². The van der Waals surface area contributed by atoms with Gasteiger partial charge in [-0.05, 0) is 29.2 Å². The number of carbonyl (C=O) groups is 1. The summed E-state index contributed by atoms with van der Waals surface area (Å²) >= 11 is 0. The first-order chi connectivity index (χ1) is 15.5. The molecule has 1 heterocycles. The third-order valence-electron chi connectivity index (χ3n) is 6.20. The normalized spacial score (nSPS) is 21.2. The molecular weight excluding hydrogens is 396 g/mol. The van der Waals surface area contributed by atoms with E-state index < -0.39 is 0 Å². The van der Waals surface area contributed by atoms with Gasteiger partial charge in [-0.2, -0.15) is 0 Å². The molecule has 3 aromatic rings. The van der Waals surface area contributed by atoms with Crippen LogP contribution in [0.4, 0.5) is 11.4 Å². The first-order valence-electron chi connectivity index (χ1n) is 11.1. The summed E-state index contributed by atoms with van der Waals surface area (Å²) in [4.78, 5) is 13.5. The summed E-state index contributed by atoms with van der Waals surface area (Å²) in [5.41, 5.74) is 4.86. The van der Waals surface area contributed by atoms with Crippen molar-refractivity contribution in [3.8, 4) is 5.75 Å². The number of rotatable bonds is 4. The van der Waals surface area contributed by atoms with Crippen molar-refractivity contribution in [2.75, 3.05) is 10.6 Å². The van der Waals surface area contributed by atoms with Crippen LogP contribution in [0.25, 0.3) is 0 Å². The Hall–Kier alpha value is -3.53. The maximum absolute atomic E-state index is 13.5. The number of fused-ring (bicyclic) bond motifs is 2. The van der Waals surface area contributed by atoms with Gasteiger partial charge in [0.25, 0.3) is 0 Å². The van der Waals surface area contributed by atoms with E-state index in [2.05, 4.69) is 54.8 Å². The molecule has 0 unspecified atom stereocenters. The maximum atomic E-state index is 13.5. The first-order valence-corrected chi connectivity index (χ1v) is 11.1. The molecule has 4 heteroatoms. The average molecular weight is 425 g/mol. The van der Waals surface area contributed by atoms with Crippen molar-refractivity contribution in [3.05, 3.63) is 102 Å². The van der Waals surface area contributed by atoms with Gasteiger partial charge in [0, 0.05) is 17.7 Å². The third kappa shape index (κ3) is 4.01. The van der Waals surface area contributed by atoms with Crippen LogP contribution in [0.15, 0.2) is 90.6 Å². The van der Waals surface area contributed by atoms with Crippen molar-refractivity contribution in [1.29, 1.82) is 0 Å². The van der Waals surface area contributed by atoms with Crippen LogP contribution < -0.4 is 15.4 Å². The molecule has 32 heavy (non-hydrogen) atoms. The second kappa shape index (κ2) is 8.19. The van der Waals surface area contributed by atoms with Crippen molar-refractivity contribution in [3.63, 3.8) is 0 Å². The second-order valence-corrected chi connectivity index (χ2v) is 9.31. The smallest absolute Gasteiger partial charge is 0.145 e. The Morgan fingerprint density at radius 3 is 2.41 bits per heavy atom. The van der Waals surface area contributed by atoms with E-state index in [9.17, 15) is 4.79 Å². The van der Waals surface area contributed by atoms with E-state index in [0.29, 0.717) is 13.0 Å². The van der Waals surface area contributed by atoms with Gasteiger partial charge in [0.1, 0.15) is 18.1 Å². The quantitative estimate of drug-likeness (QED) is 0.513. The van der Waals surface area contributed by atoms with Crippen LogP contribution in [-0.4, -0.2) is 5.78 Å². The number of hydrogen-bond acceptors (Lipinski definition) is 4. The Labute approximate surface area is 189 Å². The molecule has 0 spiro atoms. The Morgan fingerprint density at radius 2 is 1.59 bits per heavy atom. The van der Waals surface area contributed by atoms with Crippen LogP contribution in [0.2, 0.25) is 0 Å². The van der Waals surface area contributed by atoms with Gasteiger partial charge in [-0.1, -0.05) is 80.6 Å². The zero-order chi connectivity index (χ0) is 22.1. The fourth-order valence-electron chi connectivity index (χ4n) is 4.76. The van der Waals surface area contributed by atoms with Crippen molar-refractivity contribution < 1.29 is 9.53 Å². The lowest BCUT2D eigenvalue weighted by Crippen LogP contribution is -2.36. The maximum Gasteiger partial charge on any atom is 0.145 e. The summed E-state index contributed by atoms with van der Waals surface area (Å²) < 4.78 is 6.27. The van der Waals surface area contributed by atoms with Gasteiger partial charge >= 0.3 is 0 Å². The van der Waals surface area contributed by atoms with E-state index in [0.717, 1.165) is 33.9 Å². The summed E-state index contributed by atoms with van der Waals surface area (Å²) in [7, 11) is 0. The SMILES string of the molecule is CC1(C)C=C2Nc3ccccc3N[C@@H](c3ccccc3OCc3ccccc3)[C@@H]2C(=O)C1. The monoisotopic (exact) mass is 424 g/mol. The topological polar surface area (TPSA) is 50.4 Å². The summed E-state index contributed by atoms with van der Waals surface area (Å²) in [6, 6.07) is 26.1. The Kier molecular flexibility index (Phi) is 5.22. The first kappa shape index (κ1) is 20.4. The van der Waals surface area contributed by atoms with Gasteiger partial charge in [-0.3, -0.25) is 4.79 Å². The number of Topliss-reactive ketones (excluding diaryl/α,β-unsaturated/α-hetero) is 1. The highest BCUT2D eigenvalue weighted by Crippen LogP contribution is 2.46. The van der Waals surface area contributed by atoms with E-state index in [4.69, 9.17) is 4.74 Å². The Balaban J connectivity index is 1.57. The molecule has 0 radical (unpaired) electrons. The fourth-order valence-corrected chi connectivity index (χ4v) is 4.76. The number of ether oxygens (including phenoxy) is 1. The molecule has 0 amide bonds. The number of carbonyl (C=O) groups excluding carboxylic acids is 1. The van der Waals surface area contributed by atoms with Crippen LogP contribution in [-0.2, 0) is 11.4 Å². The molecule has 0 fully saturated rings. The van der Waals surface area contributed by atoms with Crippen molar-refractivity contribution in [2.24, 2.45) is 11.3 Å². The lowest BCUT2D eigenvalue weighted by molar-refractivity contribution is -0.124. The lowest BCUT2D eigenvalue weighted by atomic mass is 9.72. The number of nitrogens with one attached hydrogen (secondary N) is 2. The molecule has 0 bridgehead atoms. The zero-order valence-corrected chi connectivity index (χ0v) is 18.5. The van der Waals surface area contributed by atoms with E-state index >= 15 is 0 Å². The Morgan fingerprint density at radius 1 is 0.906 bits per heavy atom. The molecule has 2 N–H and O–H groups in total. The molecule has 1 aliphatic heterocycles. The molecule has 3 aromatic carbocycles. The van der Waals surface area contributed by atoms with Crippen LogP contribution in [0.5, 0.6) is 5.75 Å². The molecule has 1 aliphatic carbocycles. The predicted octanol–water partition coefficient (Wildman–Crippen LogP) is 6.34. The van der Waals surface area contributed by atoms with Crippen LogP contribution in [0.3, 0.4) is 0 Å². The average Bonchev–Trinajstić information content (AvgIpc) is 2.94. The number of hydrogen-bond donors (Lipinski definition) is 2. The van der Waals surface area contributed by atoms with Crippen molar-refractivity contribution in [2.45, 2.75) is 32.9 Å². The molecule has 5 rings (SSSR count). The molecule has 162 valence electrons. The summed E-state index contributed by atoms with van der Waals surface area (Å²) in [6.45, 7) is 4.71. The molecular formula is C28H28N2O2. The van der Waals surface area contributed by atoms with E-state index in [1.54, 1.807) is 0 Å². The number of allylic oxidation sites excluding steroid dienone is 1. The van der Waals surface area contributed by atoms with E-state index in [1.165, 1.54) is 0 Å². The van der Waals surface area contributed by atoms with Crippen molar-refractivity contribution in [1.82, 2.24) is 0 Å². The molecule has 0 saturated heterocycles. The molecule has 2 atom stereocenters. The number of ketones is 1. The standard InChI is InChI=1S/C28H28N2O2/c1-28(2)16-23-26(24(31)17-28)27(30-22-14-8-7-13-21(22)29-23)20-12-6-9-15-25(20)32-18-19-10-4-3-5-11-19/h3-16,26-27,29-30H,17-18H2,1-2H3/t26-,27-/m0/s1. The molecule has 0 saturated carbocycles. The van der Waals surface area contributed by atoms with E-state index in [-0.39, 0.29) is 23.2 Å². The molecule has 4 nitrogen and oxygen atoms in total. The zero-order valence-electron chi connectivity index (χ0n) is 18.5. The second-order valence-electron chi connectivity index (χ2n) is 9.31. The predicted molar refractivity (Wildman–Crippen MR) is 129 cm³/mol. The molecule has 2 aliphatic rings. The lowest BCUT2D eigenvalue weighted by Gasteiger charge is -2.35. The highest BCUT2D eigenvalue weighted by atomic mass is 16.5.